The van der Waals surface area contributed by atoms with Crippen LogP contribution in [0.4, 0.5) is 0 Å². The number of nitrogens with zero attached hydrogens (tertiary/aromatic N) is 2. The molecule has 1 aromatic heterocycles. The summed E-state index contributed by atoms with van der Waals surface area (Å²) in [7, 11) is 0. The molecule has 1 amide bonds. The maximum absolute atomic E-state index is 12.8. The molecule has 0 radical (unpaired) electrons. The summed E-state index contributed by atoms with van der Waals surface area (Å²) in [6, 6.07) is 8.32. The number of carbonyl (C=O) groups is 1. The van der Waals surface area contributed by atoms with Crippen molar-refractivity contribution in [2.24, 2.45) is 0 Å². The topological polar surface area (TPSA) is 46.9 Å². The molecule has 1 heterocycles. The number of carbonyl (C=O) groups excluding carboxylic acids is 1. The van der Waals surface area contributed by atoms with Crippen molar-refractivity contribution in [1.82, 2.24) is 14.9 Å². The van der Waals surface area contributed by atoms with E-state index in [9.17, 15) is 4.79 Å². The number of aryl methyl sites for hydroxylation is 1. The highest BCUT2D eigenvalue weighted by atomic mass is 16.2. The first-order valence-corrected chi connectivity index (χ1v) is 8.80. The number of benzene rings is 1. The van der Waals surface area contributed by atoms with E-state index in [2.05, 4.69) is 55.3 Å². The average molecular weight is 325 g/mol. The molecule has 24 heavy (non-hydrogen) atoms. The molecule has 0 saturated heterocycles. The molecule has 1 aliphatic rings. The third-order valence-corrected chi connectivity index (χ3v) is 4.88. The van der Waals surface area contributed by atoms with Crippen LogP contribution < -0.4 is 5.32 Å². The van der Waals surface area contributed by atoms with Crippen LogP contribution in [-0.4, -0.2) is 21.0 Å². The minimum Gasteiger partial charge on any atom is -0.349 e. The van der Waals surface area contributed by atoms with Crippen LogP contribution in [-0.2, 0) is 11.2 Å². The number of nitrogens with one attached hydrogen (secondary N) is 1. The summed E-state index contributed by atoms with van der Waals surface area (Å²) in [6.45, 7) is 8.26. The summed E-state index contributed by atoms with van der Waals surface area (Å²) >= 11 is 0. The Morgan fingerprint density at radius 1 is 1.33 bits per heavy atom. The number of rotatable bonds is 6. The number of hydrogen-bond acceptors (Lipinski definition) is 2. The van der Waals surface area contributed by atoms with E-state index in [0.717, 1.165) is 25.1 Å². The maximum Gasteiger partial charge on any atom is 0.243 e. The zero-order valence-corrected chi connectivity index (χ0v) is 15.0. The SMILES string of the molecule is Cc1cccc(CC2(NC(=O)[C@H](C)n3ccnc3C(C)C)CC2)c1. The van der Waals surface area contributed by atoms with Gasteiger partial charge in [-0.2, -0.15) is 0 Å². The number of imidazole rings is 1. The van der Waals surface area contributed by atoms with E-state index in [1.807, 2.05) is 17.7 Å². The Morgan fingerprint density at radius 2 is 2.08 bits per heavy atom. The lowest BCUT2D eigenvalue weighted by Crippen LogP contribution is -2.42. The van der Waals surface area contributed by atoms with E-state index >= 15 is 0 Å². The van der Waals surface area contributed by atoms with E-state index in [0.29, 0.717) is 5.92 Å². The van der Waals surface area contributed by atoms with Gasteiger partial charge in [-0.05, 0) is 38.7 Å². The van der Waals surface area contributed by atoms with E-state index in [1.54, 1.807) is 6.20 Å². The van der Waals surface area contributed by atoms with Crippen LogP contribution in [0, 0.1) is 6.92 Å². The summed E-state index contributed by atoms with van der Waals surface area (Å²) in [6.07, 6.45) is 6.70. The smallest absolute Gasteiger partial charge is 0.243 e. The molecule has 0 spiro atoms. The molecule has 3 rings (SSSR count). The van der Waals surface area contributed by atoms with Gasteiger partial charge in [0.1, 0.15) is 11.9 Å². The van der Waals surface area contributed by atoms with Crippen molar-refractivity contribution >= 4 is 5.91 Å². The van der Waals surface area contributed by atoms with Gasteiger partial charge in [-0.1, -0.05) is 43.7 Å². The fourth-order valence-electron chi connectivity index (χ4n) is 3.30. The van der Waals surface area contributed by atoms with Crippen molar-refractivity contribution in [2.45, 2.75) is 64.5 Å². The third kappa shape index (κ3) is 3.53. The van der Waals surface area contributed by atoms with Gasteiger partial charge in [0.15, 0.2) is 0 Å². The number of hydrogen-bond donors (Lipinski definition) is 1. The van der Waals surface area contributed by atoms with Crippen molar-refractivity contribution in [3.63, 3.8) is 0 Å². The van der Waals surface area contributed by atoms with Crippen molar-refractivity contribution in [2.75, 3.05) is 0 Å². The Balaban J connectivity index is 1.69. The number of amides is 1. The highest BCUT2D eigenvalue weighted by Crippen LogP contribution is 2.39. The van der Waals surface area contributed by atoms with Gasteiger partial charge in [0, 0.05) is 23.9 Å². The van der Waals surface area contributed by atoms with Crippen molar-refractivity contribution in [1.29, 1.82) is 0 Å². The van der Waals surface area contributed by atoms with Gasteiger partial charge in [-0.15, -0.1) is 0 Å². The normalized spacial score (nSPS) is 16.9. The molecule has 1 aliphatic carbocycles. The first-order chi connectivity index (χ1) is 11.4. The molecule has 1 saturated carbocycles. The first kappa shape index (κ1) is 16.7. The van der Waals surface area contributed by atoms with Gasteiger partial charge in [0.2, 0.25) is 5.91 Å². The van der Waals surface area contributed by atoms with Gasteiger partial charge in [0.05, 0.1) is 0 Å². The van der Waals surface area contributed by atoms with Gasteiger partial charge < -0.3 is 9.88 Å². The van der Waals surface area contributed by atoms with Crippen molar-refractivity contribution in [3.8, 4) is 0 Å². The van der Waals surface area contributed by atoms with Gasteiger partial charge >= 0.3 is 0 Å². The fourth-order valence-corrected chi connectivity index (χ4v) is 3.30. The number of aromatic nitrogens is 2. The van der Waals surface area contributed by atoms with Crippen molar-refractivity contribution in [3.05, 3.63) is 53.6 Å². The van der Waals surface area contributed by atoms with Gasteiger partial charge in [-0.3, -0.25) is 4.79 Å². The monoisotopic (exact) mass is 325 g/mol. The lowest BCUT2D eigenvalue weighted by atomic mass is 10.0. The van der Waals surface area contributed by atoms with E-state index < -0.39 is 0 Å². The predicted molar refractivity (Wildman–Crippen MR) is 96.0 cm³/mol. The molecule has 1 N–H and O–H groups in total. The van der Waals surface area contributed by atoms with E-state index in [-0.39, 0.29) is 17.5 Å². The fraction of sp³-hybridized carbons (Fsp3) is 0.500. The molecule has 2 aromatic rings. The zero-order valence-electron chi connectivity index (χ0n) is 15.0. The summed E-state index contributed by atoms with van der Waals surface area (Å²) in [5, 5.41) is 3.30. The van der Waals surface area contributed by atoms with E-state index in [1.165, 1.54) is 11.1 Å². The first-order valence-electron chi connectivity index (χ1n) is 8.80. The van der Waals surface area contributed by atoms with Crippen LogP contribution in [0.5, 0.6) is 0 Å². The standard InChI is InChI=1S/C20H27N3O/c1-14(2)18-21-10-11-23(18)16(4)19(24)22-20(8-9-20)13-17-7-5-6-15(3)12-17/h5-7,10-12,14,16H,8-9,13H2,1-4H3,(H,22,24)/t16-/m0/s1. The maximum atomic E-state index is 12.8. The molecule has 0 unspecified atom stereocenters. The molecule has 0 bridgehead atoms. The summed E-state index contributed by atoms with van der Waals surface area (Å²) in [5.74, 6) is 1.35. The average Bonchev–Trinajstić information content (AvgIpc) is 3.09. The van der Waals surface area contributed by atoms with Crippen LogP contribution in [0.25, 0.3) is 0 Å². The zero-order chi connectivity index (χ0) is 17.3. The highest BCUT2D eigenvalue weighted by Gasteiger charge is 2.44. The summed E-state index contributed by atoms with van der Waals surface area (Å²) in [5.41, 5.74) is 2.51. The Morgan fingerprint density at radius 3 is 2.71 bits per heavy atom. The molecular weight excluding hydrogens is 298 g/mol. The van der Waals surface area contributed by atoms with Crippen LogP contribution >= 0.6 is 0 Å². The van der Waals surface area contributed by atoms with Gasteiger partial charge in [0.25, 0.3) is 0 Å². The second-order valence-corrected chi connectivity index (χ2v) is 7.46. The molecule has 128 valence electrons. The van der Waals surface area contributed by atoms with Gasteiger partial charge in [-0.25, -0.2) is 4.98 Å². The molecule has 4 heteroatoms. The Hall–Kier alpha value is -2.10. The third-order valence-electron chi connectivity index (χ3n) is 4.88. The summed E-state index contributed by atoms with van der Waals surface area (Å²) in [4.78, 5) is 17.2. The molecular formula is C20H27N3O. The predicted octanol–water partition coefficient (Wildman–Crippen LogP) is 3.77. The molecule has 0 aliphatic heterocycles. The largest absolute Gasteiger partial charge is 0.349 e. The lowest BCUT2D eigenvalue weighted by Gasteiger charge is -2.23. The van der Waals surface area contributed by atoms with Crippen molar-refractivity contribution < 1.29 is 4.79 Å². The lowest BCUT2D eigenvalue weighted by molar-refractivity contribution is -0.124. The minimum absolute atomic E-state index is 0.0578. The highest BCUT2D eigenvalue weighted by molar-refractivity contribution is 5.81. The quantitative estimate of drug-likeness (QED) is 0.879. The van der Waals surface area contributed by atoms with Crippen LogP contribution in [0.15, 0.2) is 36.7 Å². The second-order valence-electron chi connectivity index (χ2n) is 7.46. The summed E-state index contributed by atoms with van der Waals surface area (Å²) < 4.78 is 1.99. The molecule has 4 nitrogen and oxygen atoms in total. The molecule has 1 aromatic carbocycles. The van der Waals surface area contributed by atoms with Crippen LogP contribution in [0.2, 0.25) is 0 Å². The van der Waals surface area contributed by atoms with Crippen LogP contribution in [0.1, 0.15) is 62.5 Å². The Labute approximate surface area is 144 Å². The van der Waals surface area contributed by atoms with E-state index in [4.69, 9.17) is 0 Å². The molecule has 1 atom stereocenters. The molecule has 1 fully saturated rings. The Kier molecular flexibility index (Phi) is 4.48. The Bertz CT molecular complexity index is 728. The second kappa shape index (κ2) is 6.42. The van der Waals surface area contributed by atoms with Crippen LogP contribution in [0.3, 0.4) is 0 Å². The minimum atomic E-state index is -0.236.